The number of ether oxygens (including phenoxy) is 2. The summed E-state index contributed by atoms with van der Waals surface area (Å²) in [5, 5.41) is 9.03. The predicted molar refractivity (Wildman–Crippen MR) is 64.3 cm³/mol. The van der Waals surface area contributed by atoms with E-state index in [1.165, 1.54) is 0 Å². The summed E-state index contributed by atoms with van der Waals surface area (Å²) in [7, 11) is 3.25. The lowest BCUT2D eigenvalue weighted by atomic mass is 9.82. The van der Waals surface area contributed by atoms with Crippen molar-refractivity contribution in [2.24, 2.45) is 0 Å². The molecule has 0 unspecified atom stereocenters. The van der Waals surface area contributed by atoms with Crippen molar-refractivity contribution in [3.05, 3.63) is 23.8 Å². The maximum atomic E-state index is 9.03. The zero-order valence-electron chi connectivity index (χ0n) is 10.4. The van der Waals surface area contributed by atoms with E-state index in [2.05, 4.69) is 13.8 Å². The van der Waals surface area contributed by atoms with Crippen molar-refractivity contribution in [2.75, 3.05) is 20.8 Å². The van der Waals surface area contributed by atoms with Gasteiger partial charge in [-0.25, -0.2) is 0 Å². The smallest absolute Gasteiger partial charge is 0.161 e. The van der Waals surface area contributed by atoms with Crippen LogP contribution in [-0.2, 0) is 5.41 Å². The van der Waals surface area contributed by atoms with E-state index < -0.39 is 0 Å². The van der Waals surface area contributed by atoms with Gasteiger partial charge >= 0.3 is 0 Å². The fourth-order valence-electron chi connectivity index (χ4n) is 1.68. The lowest BCUT2D eigenvalue weighted by molar-refractivity contribution is 0.252. The Hall–Kier alpha value is -1.22. The first-order chi connectivity index (χ1) is 7.55. The number of methoxy groups -OCH3 is 2. The Morgan fingerprint density at radius 2 is 1.75 bits per heavy atom. The van der Waals surface area contributed by atoms with Crippen molar-refractivity contribution in [3.63, 3.8) is 0 Å². The Bertz CT molecular complexity index is 345. The molecule has 0 aliphatic rings. The van der Waals surface area contributed by atoms with E-state index in [0.717, 1.165) is 23.5 Å². The normalized spacial score (nSPS) is 11.3. The molecule has 0 fully saturated rings. The van der Waals surface area contributed by atoms with Crippen LogP contribution in [0, 0.1) is 0 Å². The highest BCUT2D eigenvalue weighted by Crippen LogP contribution is 2.34. The van der Waals surface area contributed by atoms with Gasteiger partial charge in [-0.3, -0.25) is 0 Å². The molecule has 16 heavy (non-hydrogen) atoms. The van der Waals surface area contributed by atoms with Crippen molar-refractivity contribution >= 4 is 0 Å². The van der Waals surface area contributed by atoms with Crippen LogP contribution in [0.25, 0.3) is 0 Å². The molecule has 0 aliphatic carbocycles. The highest BCUT2D eigenvalue weighted by molar-refractivity contribution is 5.44. The Kier molecular flexibility index (Phi) is 4.19. The average Bonchev–Trinajstić information content (AvgIpc) is 2.28. The fourth-order valence-corrected chi connectivity index (χ4v) is 1.68. The number of aliphatic hydroxyl groups is 1. The molecule has 3 heteroatoms. The highest BCUT2D eigenvalue weighted by atomic mass is 16.5. The molecule has 3 nitrogen and oxygen atoms in total. The molecule has 0 aromatic heterocycles. The van der Waals surface area contributed by atoms with Gasteiger partial charge < -0.3 is 14.6 Å². The number of benzene rings is 1. The van der Waals surface area contributed by atoms with Gasteiger partial charge in [0.25, 0.3) is 0 Å². The summed E-state index contributed by atoms with van der Waals surface area (Å²) in [5.74, 6) is 1.46. The SMILES string of the molecule is COc1ccc(C(C)(C)CCO)cc1OC. The summed E-state index contributed by atoms with van der Waals surface area (Å²) in [6.45, 7) is 4.39. The van der Waals surface area contributed by atoms with Gasteiger partial charge in [0.05, 0.1) is 14.2 Å². The molecule has 0 saturated carbocycles. The average molecular weight is 224 g/mol. The van der Waals surface area contributed by atoms with Crippen LogP contribution in [0.5, 0.6) is 11.5 Å². The lowest BCUT2D eigenvalue weighted by Crippen LogP contribution is -2.18. The van der Waals surface area contributed by atoms with Gasteiger partial charge in [-0.15, -0.1) is 0 Å². The van der Waals surface area contributed by atoms with Gasteiger partial charge in [0.2, 0.25) is 0 Å². The summed E-state index contributed by atoms with van der Waals surface area (Å²) in [6.07, 6.45) is 0.725. The van der Waals surface area contributed by atoms with Crippen LogP contribution in [0.4, 0.5) is 0 Å². The quantitative estimate of drug-likeness (QED) is 0.834. The van der Waals surface area contributed by atoms with E-state index in [1.54, 1.807) is 14.2 Å². The van der Waals surface area contributed by atoms with Crippen molar-refractivity contribution in [1.29, 1.82) is 0 Å². The lowest BCUT2D eigenvalue weighted by Gasteiger charge is -2.25. The van der Waals surface area contributed by atoms with Crippen LogP contribution >= 0.6 is 0 Å². The molecule has 0 radical (unpaired) electrons. The minimum absolute atomic E-state index is 0.0612. The molecule has 0 heterocycles. The third-order valence-electron chi connectivity index (χ3n) is 2.90. The van der Waals surface area contributed by atoms with E-state index >= 15 is 0 Å². The molecule has 0 saturated heterocycles. The van der Waals surface area contributed by atoms with Crippen molar-refractivity contribution < 1.29 is 14.6 Å². The van der Waals surface area contributed by atoms with Crippen molar-refractivity contribution in [3.8, 4) is 11.5 Å². The summed E-state index contributed by atoms with van der Waals surface area (Å²) in [6, 6.07) is 5.87. The maximum absolute atomic E-state index is 9.03. The molecule has 1 aromatic carbocycles. The standard InChI is InChI=1S/C13H20O3/c1-13(2,7-8-14)10-5-6-11(15-3)12(9-10)16-4/h5-6,9,14H,7-8H2,1-4H3. The topological polar surface area (TPSA) is 38.7 Å². The van der Waals surface area contributed by atoms with Gasteiger partial charge in [0.1, 0.15) is 0 Å². The third kappa shape index (κ3) is 2.67. The van der Waals surface area contributed by atoms with E-state index in [4.69, 9.17) is 14.6 Å². The van der Waals surface area contributed by atoms with Crippen LogP contribution in [-0.4, -0.2) is 25.9 Å². The molecular weight excluding hydrogens is 204 g/mol. The minimum Gasteiger partial charge on any atom is -0.493 e. The second-order valence-corrected chi connectivity index (χ2v) is 4.43. The molecule has 1 rings (SSSR count). The summed E-state index contributed by atoms with van der Waals surface area (Å²) >= 11 is 0. The Morgan fingerprint density at radius 1 is 1.12 bits per heavy atom. The maximum Gasteiger partial charge on any atom is 0.161 e. The first-order valence-corrected chi connectivity index (χ1v) is 5.38. The zero-order chi connectivity index (χ0) is 12.2. The molecule has 0 atom stereocenters. The molecule has 0 spiro atoms. The molecular formula is C13H20O3. The van der Waals surface area contributed by atoms with Crippen LogP contribution in [0.3, 0.4) is 0 Å². The van der Waals surface area contributed by atoms with Gasteiger partial charge in [-0.05, 0) is 29.5 Å². The van der Waals surface area contributed by atoms with Gasteiger partial charge in [0, 0.05) is 6.61 Å². The highest BCUT2D eigenvalue weighted by Gasteiger charge is 2.21. The van der Waals surface area contributed by atoms with E-state index in [-0.39, 0.29) is 12.0 Å². The number of hydrogen-bond acceptors (Lipinski definition) is 3. The fraction of sp³-hybridized carbons (Fsp3) is 0.538. The van der Waals surface area contributed by atoms with Crippen LogP contribution in [0.2, 0.25) is 0 Å². The van der Waals surface area contributed by atoms with E-state index in [0.29, 0.717) is 0 Å². The van der Waals surface area contributed by atoms with E-state index in [1.807, 2.05) is 18.2 Å². The van der Waals surface area contributed by atoms with Gasteiger partial charge in [-0.2, -0.15) is 0 Å². The first-order valence-electron chi connectivity index (χ1n) is 5.38. The third-order valence-corrected chi connectivity index (χ3v) is 2.90. The van der Waals surface area contributed by atoms with Crippen LogP contribution < -0.4 is 9.47 Å². The molecule has 0 amide bonds. The largest absolute Gasteiger partial charge is 0.493 e. The number of rotatable bonds is 5. The second-order valence-electron chi connectivity index (χ2n) is 4.43. The van der Waals surface area contributed by atoms with Gasteiger partial charge in [0.15, 0.2) is 11.5 Å². The molecule has 1 aromatic rings. The molecule has 90 valence electrons. The zero-order valence-corrected chi connectivity index (χ0v) is 10.4. The summed E-state index contributed by atoms with van der Waals surface area (Å²) in [5.41, 5.74) is 1.08. The monoisotopic (exact) mass is 224 g/mol. The van der Waals surface area contributed by atoms with Crippen molar-refractivity contribution in [2.45, 2.75) is 25.7 Å². The van der Waals surface area contributed by atoms with Gasteiger partial charge in [-0.1, -0.05) is 19.9 Å². The molecule has 0 bridgehead atoms. The predicted octanol–water partition coefficient (Wildman–Crippen LogP) is 2.36. The second kappa shape index (κ2) is 5.21. The van der Waals surface area contributed by atoms with Crippen LogP contribution in [0.1, 0.15) is 25.8 Å². The number of hydrogen-bond donors (Lipinski definition) is 1. The Balaban J connectivity index is 3.07. The molecule has 1 N–H and O–H groups in total. The summed E-state index contributed by atoms with van der Waals surface area (Å²) < 4.78 is 10.5. The van der Waals surface area contributed by atoms with Crippen LogP contribution in [0.15, 0.2) is 18.2 Å². The number of aliphatic hydroxyl groups excluding tert-OH is 1. The van der Waals surface area contributed by atoms with Crippen molar-refractivity contribution in [1.82, 2.24) is 0 Å². The minimum atomic E-state index is -0.0612. The molecule has 0 aliphatic heterocycles. The Labute approximate surface area is 97.0 Å². The Morgan fingerprint density at radius 3 is 2.25 bits per heavy atom. The summed E-state index contributed by atoms with van der Waals surface area (Å²) in [4.78, 5) is 0. The van der Waals surface area contributed by atoms with E-state index in [9.17, 15) is 0 Å². The first kappa shape index (κ1) is 12.8.